The molecule has 0 nitrogen and oxygen atoms in total. The molecular weight excluding hydrogens is 335 g/mol. The molecule has 2 rings (SSSR count). The second kappa shape index (κ2) is 3.89. The van der Waals surface area contributed by atoms with E-state index >= 15 is 0 Å². The van der Waals surface area contributed by atoms with Gasteiger partial charge in [-0.3, -0.25) is 0 Å². The fourth-order valence-electron chi connectivity index (χ4n) is 1.25. The van der Waals surface area contributed by atoms with Gasteiger partial charge < -0.3 is 0 Å². The molecule has 13 heavy (non-hydrogen) atoms. The molecule has 0 aliphatic heterocycles. The summed E-state index contributed by atoms with van der Waals surface area (Å²) in [6.07, 6.45) is 0. The fraction of sp³-hybridized carbons (Fsp3) is 0.111. The molecule has 0 bridgehead atoms. The topological polar surface area (TPSA) is 0 Å². The van der Waals surface area contributed by atoms with Crippen LogP contribution in [-0.4, -0.2) is 0 Å². The zero-order valence-corrected chi connectivity index (χ0v) is 11.2. The second-order valence-electron chi connectivity index (χ2n) is 2.66. The molecule has 0 radical (unpaired) electrons. The summed E-state index contributed by atoms with van der Waals surface area (Å²) in [5, 5.41) is 3.35. The Morgan fingerprint density at radius 3 is 2.77 bits per heavy atom. The van der Waals surface area contributed by atoms with Crippen LogP contribution in [0.25, 0.3) is 10.1 Å². The van der Waals surface area contributed by atoms with Crippen LogP contribution < -0.4 is 0 Å². The summed E-state index contributed by atoms with van der Waals surface area (Å²) < 4.78 is 3.46. The summed E-state index contributed by atoms with van der Waals surface area (Å²) in [5.41, 5.74) is 1.20. The maximum Gasteiger partial charge on any atom is 0.0488 e. The van der Waals surface area contributed by atoms with Gasteiger partial charge in [0, 0.05) is 24.9 Å². The van der Waals surface area contributed by atoms with Gasteiger partial charge in [0.05, 0.1) is 0 Å². The molecule has 2 aromatic rings. The lowest BCUT2D eigenvalue weighted by Crippen LogP contribution is -1.75. The third-order valence-corrected chi connectivity index (χ3v) is 4.16. The van der Waals surface area contributed by atoms with Crippen molar-refractivity contribution in [2.45, 2.75) is 5.88 Å². The number of alkyl halides is 1. The predicted molar refractivity (Wildman–Crippen MR) is 66.8 cm³/mol. The van der Waals surface area contributed by atoms with Gasteiger partial charge in [0.15, 0.2) is 0 Å². The molecule has 0 fully saturated rings. The summed E-state index contributed by atoms with van der Waals surface area (Å²) in [6, 6.07) is 4.16. The molecule has 0 saturated heterocycles. The van der Waals surface area contributed by atoms with Crippen LogP contribution in [0, 0.1) is 0 Å². The lowest BCUT2D eigenvalue weighted by molar-refractivity contribution is 1.49. The number of thiophene rings is 1. The third-order valence-electron chi connectivity index (χ3n) is 1.81. The van der Waals surface area contributed by atoms with Crippen molar-refractivity contribution in [1.82, 2.24) is 0 Å². The van der Waals surface area contributed by atoms with E-state index in [1.807, 2.05) is 6.07 Å². The van der Waals surface area contributed by atoms with Crippen molar-refractivity contribution in [3.05, 3.63) is 32.0 Å². The Morgan fingerprint density at radius 1 is 1.31 bits per heavy atom. The molecule has 0 atom stereocenters. The normalized spacial score (nSPS) is 11.0. The van der Waals surface area contributed by atoms with Gasteiger partial charge in [-0.1, -0.05) is 31.9 Å². The first kappa shape index (κ1) is 9.97. The van der Waals surface area contributed by atoms with Crippen LogP contribution in [0.3, 0.4) is 0 Å². The van der Waals surface area contributed by atoms with E-state index in [2.05, 4.69) is 43.3 Å². The van der Waals surface area contributed by atoms with Crippen molar-refractivity contribution in [1.29, 1.82) is 0 Å². The number of hydrogen-bond donors (Lipinski definition) is 0. The standard InChI is InChI=1S/C9H5Br2ClS/c10-6-1-7(11)9-5(3-12)4-13-8(9)2-6/h1-2,4H,3H2. The van der Waals surface area contributed by atoms with Crippen LogP contribution in [0.1, 0.15) is 5.56 Å². The van der Waals surface area contributed by atoms with E-state index in [4.69, 9.17) is 11.6 Å². The molecule has 0 aliphatic rings. The molecule has 4 heteroatoms. The largest absolute Gasteiger partial charge is 0.143 e. The molecule has 0 amide bonds. The zero-order chi connectivity index (χ0) is 9.42. The number of benzene rings is 1. The van der Waals surface area contributed by atoms with Crippen LogP contribution in [0.2, 0.25) is 0 Å². The highest BCUT2D eigenvalue weighted by Crippen LogP contribution is 2.35. The van der Waals surface area contributed by atoms with Crippen molar-refractivity contribution in [3.63, 3.8) is 0 Å². The number of fused-ring (bicyclic) bond motifs is 1. The fourth-order valence-corrected chi connectivity index (χ4v) is 4.34. The van der Waals surface area contributed by atoms with E-state index in [1.54, 1.807) is 11.3 Å². The molecule has 1 aromatic carbocycles. The molecule has 0 aliphatic carbocycles. The van der Waals surface area contributed by atoms with Gasteiger partial charge in [0.25, 0.3) is 0 Å². The average Bonchev–Trinajstić information content (AvgIpc) is 2.47. The van der Waals surface area contributed by atoms with Crippen molar-refractivity contribution < 1.29 is 0 Å². The van der Waals surface area contributed by atoms with Gasteiger partial charge in [-0.2, -0.15) is 0 Å². The maximum atomic E-state index is 5.83. The van der Waals surface area contributed by atoms with Crippen LogP contribution in [0.4, 0.5) is 0 Å². The average molecular weight is 340 g/mol. The Bertz CT molecular complexity index is 450. The Balaban J connectivity index is 2.82. The minimum absolute atomic E-state index is 0.570. The molecule has 0 saturated carbocycles. The van der Waals surface area contributed by atoms with Gasteiger partial charge in [-0.25, -0.2) is 0 Å². The molecule has 1 heterocycles. The first-order chi connectivity index (χ1) is 6.22. The highest BCUT2D eigenvalue weighted by molar-refractivity contribution is 9.11. The Morgan fingerprint density at radius 2 is 2.08 bits per heavy atom. The summed E-state index contributed by atoms with van der Waals surface area (Å²) in [7, 11) is 0. The third kappa shape index (κ3) is 1.80. The maximum absolute atomic E-state index is 5.83. The van der Waals surface area contributed by atoms with Gasteiger partial charge in [0.1, 0.15) is 0 Å². The van der Waals surface area contributed by atoms with Crippen LogP contribution >= 0.6 is 54.8 Å². The van der Waals surface area contributed by atoms with Crippen LogP contribution in [-0.2, 0) is 5.88 Å². The summed E-state index contributed by atoms with van der Waals surface area (Å²) in [5.74, 6) is 0.570. The van der Waals surface area contributed by atoms with Gasteiger partial charge in [0.2, 0.25) is 0 Å². The molecule has 1 aromatic heterocycles. The molecule has 0 unspecified atom stereocenters. The van der Waals surface area contributed by atoms with E-state index in [1.165, 1.54) is 15.6 Å². The number of hydrogen-bond acceptors (Lipinski definition) is 1. The Hall–Kier alpha value is 0.430. The van der Waals surface area contributed by atoms with Crippen molar-refractivity contribution in [3.8, 4) is 0 Å². The first-order valence-corrected chi connectivity index (χ1v) is 6.63. The van der Waals surface area contributed by atoms with E-state index in [-0.39, 0.29) is 0 Å². The number of halogens is 3. The lowest BCUT2D eigenvalue weighted by Gasteiger charge is -1.98. The lowest BCUT2D eigenvalue weighted by atomic mass is 10.2. The first-order valence-electron chi connectivity index (χ1n) is 3.63. The summed E-state index contributed by atoms with van der Waals surface area (Å²) in [6.45, 7) is 0. The van der Waals surface area contributed by atoms with Gasteiger partial charge >= 0.3 is 0 Å². The number of rotatable bonds is 1. The van der Waals surface area contributed by atoms with Crippen molar-refractivity contribution in [2.24, 2.45) is 0 Å². The van der Waals surface area contributed by atoms with E-state index in [9.17, 15) is 0 Å². The van der Waals surface area contributed by atoms with Gasteiger partial charge in [-0.15, -0.1) is 22.9 Å². The SMILES string of the molecule is ClCc1csc2cc(Br)cc(Br)c12. The minimum Gasteiger partial charge on any atom is -0.143 e. The molecule has 68 valence electrons. The Kier molecular flexibility index (Phi) is 2.98. The van der Waals surface area contributed by atoms with Crippen molar-refractivity contribution >= 4 is 64.9 Å². The Labute approximate surface area is 102 Å². The van der Waals surface area contributed by atoms with Gasteiger partial charge in [-0.05, 0) is 23.1 Å². The molecule has 0 spiro atoms. The second-order valence-corrected chi connectivity index (χ2v) is 5.60. The zero-order valence-electron chi connectivity index (χ0n) is 6.48. The smallest absolute Gasteiger partial charge is 0.0488 e. The summed E-state index contributed by atoms with van der Waals surface area (Å²) in [4.78, 5) is 0. The van der Waals surface area contributed by atoms with E-state index in [0.717, 1.165) is 8.95 Å². The van der Waals surface area contributed by atoms with E-state index in [0.29, 0.717) is 5.88 Å². The highest BCUT2D eigenvalue weighted by Gasteiger charge is 2.07. The predicted octanol–water partition coefficient (Wildman–Crippen LogP) is 5.17. The minimum atomic E-state index is 0.570. The quantitative estimate of drug-likeness (QED) is 0.629. The van der Waals surface area contributed by atoms with Crippen LogP contribution in [0.5, 0.6) is 0 Å². The van der Waals surface area contributed by atoms with Crippen molar-refractivity contribution in [2.75, 3.05) is 0 Å². The van der Waals surface area contributed by atoms with E-state index < -0.39 is 0 Å². The van der Waals surface area contributed by atoms with Crippen LogP contribution in [0.15, 0.2) is 26.5 Å². The monoisotopic (exact) mass is 338 g/mol. The molecule has 0 N–H and O–H groups in total. The molecular formula is C9H5Br2ClS. The summed E-state index contributed by atoms with van der Waals surface area (Å²) >= 11 is 14.6. The highest BCUT2D eigenvalue weighted by atomic mass is 79.9.